The highest BCUT2D eigenvalue weighted by molar-refractivity contribution is 6.18. The second-order valence-electron chi connectivity index (χ2n) is 5.27. The molecule has 0 radical (unpaired) electrons. The molecule has 0 atom stereocenters. The molecule has 0 aromatic heterocycles. The highest BCUT2D eigenvalue weighted by Gasteiger charge is 2.06. The third-order valence-electron chi connectivity index (χ3n) is 3.30. The van der Waals surface area contributed by atoms with Gasteiger partial charge in [0, 0.05) is 0 Å². The number of hydrogen-bond acceptors (Lipinski definition) is 5. The molecule has 0 fully saturated rings. The predicted octanol–water partition coefficient (Wildman–Crippen LogP) is 5.68. The van der Waals surface area contributed by atoms with E-state index in [1.807, 2.05) is 24.3 Å². The largest absolute Gasteiger partial charge is 0.494 e. The molecule has 2 aromatic rings. The quantitative estimate of drug-likeness (QED) is 0.250. The van der Waals surface area contributed by atoms with Gasteiger partial charge in [0.15, 0.2) is 0 Å². The number of ether oxygens (including phenoxy) is 2. The highest BCUT2D eigenvalue weighted by atomic mass is 35.5. The van der Waals surface area contributed by atoms with Crippen molar-refractivity contribution >= 4 is 28.9 Å². The minimum atomic E-state index is -0.400. The van der Waals surface area contributed by atoms with Crippen LogP contribution >= 0.6 is 11.6 Å². The van der Waals surface area contributed by atoms with Gasteiger partial charge in [0.2, 0.25) is 0 Å². The molecule has 0 spiro atoms. The lowest BCUT2D eigenvalue weighted by Crippen LogP contribution is -2.06. The SMILES string of the molecule is CCCCOc1ccc(N=Nc2ccc(C(=O)OCCCl)cc2)cc1. The van der Waals surface area contributed by atoms with Gasteiger partial charge in [0.1, 0.15) is 12.4 Å². The molecule has 0 heterocycles. The Morgan fingerprint density at radius 1 is 0.960 bits per heavy atom. The minimum absolute atomic E-state index is 0.194. The molecule has 132 valence electrons. The maximum absolute atomic E-state index is 11.7. The number of unbranched alkanes of at least 4 members (excludes halogenated alkanes) is 1. The first-order valence-corrected chi connectivity index (χ1v) is 8.74. The normalized spacial score (nSPS) is 10.8. The fourth-order valence-electron chi connectivity index (χ4n) is 1.94. The molecule has 0 aliphatic heterocycles. The average Bonchev–Trinajstić information content (AvgIpc) is 2.66. The zero-order valence-electron chi connectivity index (χ0n) is 14.2. The molecule has 0 N–H and O–H groups in total. The number of carbonyl (C=O) groups excluding carboxylic acids is 1. The Hall–Kier alpha value is -2.40. The summed E-state index contributed by atoms with van der Waals surface area (Å²) in [7, 11) is 0. The lowest BCUT2D eigenvalue weighted by atomic mass is 10.2. The number of alkyl halides is 1. The van der Waals surface area contributed by atoms with Gasteiger partial charge >= 0.3 is 5.97 Å². The van der Waals surface area contributed by atoms with E-state index in [1.165, 1.54) is 0 Å². The van der Waals surface area contributed by atoms with Crippen molar-refractivity contribution in [2.45, 2.75) is 19.8 Å². The zero-order valence-corrected chi connectivity index (χ0v) is 14.9. The van der Waals surface area contributed by atoms with Crippen LogP contribution in [0.25, 0.3) is 0 Å². The molecule has 0 saturated heterocycles. The fraction of sp³-hybridized carbons (Fsp3) is 0.316. The molecular formula is C19H21ClN2O3. The summed E-state index contributed by atoms with van der Waals surface area (Å²) in [5, 5.41) is 8.33. The van der Waals surface area contributed by atoms with Gasteiger partial charge in [-0.3, -0.25) is 0 Å². The third-order valence-corrected chi connectivity index (χ3v) is 3.45. The number of esters is 1. The number of halogens is 1. The van der Waals surface area contributed by atoms with Crippen molar-refractivity contribution in [3.05, 3.63) is 54.1 Å². The Balaban J connectivity index is 1.91. The molecule has 0 aliphatic carbocycles. The zero-order chi connectivity index (χ0) is 17.9. The lowest BCUT2D eigenvalue weighted by Gasteiger charge is -2.04. The van der Waals surface area contributed by atoms with Crippen LogP contribution in [0.3, 0.4) is 0 Å². The Bertz CT molecular complexity index is 685. The van der Waals surface area contributed by atoms with E-state index in [2.05, 4.69) is 17.2 Å². The van der Waals surface area contributed by atoms with Gasteiger partial charge in [-0.25, -0.2) is 4.79 Å². The summed E-state index contributed by atoms with van der Waals surface area (Å²) < 4.78 is 10.6. The van der Waals surface area contributed by atoms with Crippen LogP contribution in [0.15, 0.2) is 58.8 Å². The smallest absolute Gasteiger partial charge is 0.338 e. The van der Waals surface area contributed by atoms with Crippen LogP contribution in [-0.2, 0) is 4.74 Å². The van der Waals surface area contributed by atoms with Crippen LogP contribution < -0.4 is 4.74 Å². The van der Waals surface area contributed by atoms with Crippen molar-refractivity contribution in [3.63, 3.8) is 0 Å². The number of carbonyl (C=O) groups is 1. The number of nitrogens with zero attached hydrogens (tertiary/aromatic N) is 2. The summed E-state index contributed by atoms with van der Waals surface area (Å²) in [6.07, 6.45) is 2.15. The van der Waals surface area contributed by atoms with Gasteiger partial charge in [-0.15, -0.1) is 11.6 Å². The van der Waals surface area contributed by atoms with Crippen LogP contribution in [-0.4, -0.2) is 25.1 Å². The van der Waals surface area contributed by atoms with E-state index < -0.39 is 5.97 Å². The Morgan fingerprint density at radius 2 is 1.56 bits per heavy atom. The van der Waals surface area contributed by atoms with Crippen LogP contribution in [0.5, 0.6) is 5.75 Å². The van der Waals surface area contributed by atoms with Gasteiger partial charge in [-0.05, 0) is 55.0 Å². The van der Waals surface area contributed by atoms with Gasteiger partial charge < -0.3 is 9.47 Å². The second kappa shape index (κ2) is 10.5. The van der Waals surface area contributed by atoms with E-state index in [1.54, 1.807) is 24.3 Å². The number of benzene rings is 2. The fourth-order valence-corrected chi connectivity index (χ4v) is 2.01. The van der Waals surface area contributed by atoms with Crippen molar-refractivity contribution < 1.29 is 14.3 Å². The monoisotopic (exact) mass is 360 g/mol. The first-order chi connectivity index (χ1) is 12.2. The third kappa shape index (κ3) is 6.55. The van der Waals surface area contributed by atoms with Crippen molar-refractivity contribution in [3.8, 4) is 5.75 Å². The van der Waals surface area contributed by atoms with Crippen LogP contribution in [0.2, 0.25) is 0 Å². The molecule has 2 rings (SSSR count). The van der Waals surface area contributed by atoms with Gasteiger partial charge in [0.05, 0.1) is 29.4 Å². The summed E-state index contributed by atoms with van der Waals surface area (Å²) in [5.41, 5.74) is 1.84. The van der Waals surface area contributed by atoms with Crippen LogP contribution in [0, 0.1) is 0 Å². The molecule has 0 unspecified atom stereocenters. The van der Waals surface area contributed by atoms with E-state index in [-0.39, 0.29) is 12.5 Å². The van der Waals surface area contributed by atoms with E-state index in [9.17, 15) is 4.79 Å². The van der Waals surface area contributed by atoms with Crippen molar-refractivity contribution in [1.82, 2.24) is 0 Å². The summed E-state index contributed by atoms with van der Waals surface area (Å²) in [6.45, 7) is 3.04. The van der Waals surface area contributed by atoms with Crippen LogP contribution in [0.1, 0.15) is 30.1 Å². The molecule has 2 aromatic carbocycles. The van der Waals surface area contributed by atoms with E-state index in [0.29, 0.717) is 11.3 Å². The number of rotatable bonds is 9. The Labute approximate surface area is 152 Å². The first-order valence-electron chi connectivity index (χ1n) is 8.20. The van der Waals surface area contributed by atoms with Gasteiger partial charge in [0.25, 0.3) is 0 Å². The highest BCUT2D eigenvalue weighted by Crippen LogP contribution is 2.22. The molecule has 0 saturated carbocycles. The van der Waals surface area contributed by atoms with Crippen molar-refractivity contribution in [2.75, 3.05) is 19.1 Å². The molecule has 5 nitrogen and oxygen atoms in total. The van der Waals surface area contributed by atoms with Crippen LogP contribution in [0.4, 0.5) is 11.4 Å². The molecule has 25 heavy (non-hydrogen) atoms. The second-order valence-corrected chi connectivity index (χ2v) is 5.65. The Kier molecular flexibility index (Phi) is 7.92. The molecule has 0 amide bonds. The topological polar surface area (TPSA) is 60.2 Å². The van der Waals surface area contributed by atoms with E-state index in [4.69, 9.17) is 21.1 Å². The van der Waals surface area contributed by atoms with Gasteiger partial charge in [-0.1, -0.05) is 13.3 Å². The summed E-state index contributed by atoms with van der Waals surface area (Å²) in [6, 6.07) is 14.2. The molecule has 6 heteroatoms. The standard InChI is InChI=1S/C19H21ClN2O3/c1-2-3-13-24-18-10-8-17(9-11-18)22-21-16-6-4-15(5-7-16)19(23)25-14-12-20/h4-11H,2-3,12-14H2,1H3. The minimum Gasteiger partial charge on any atom is -0.494 e. The summed E-state index contributed by atoms with van der Waals surface area (Å²) in [4.78, 5) is 11.7. The molecule has 0 bridgehead atoms. The maximum Gasteiger partial charge on any atom is 0.338 e. The molecule has 0 aliphatic rings. The summed E-state index contributed by atoms with van der Waals surface area (Å²) in [5.74, 6) is 0.704. The van der Waals surface area contributed by atoms with E-state index in [0.717, 1.165) is 30.9 Å². The Morgan fingerprint density at radius 3 is 2.12 bits per heavy atom. The maximum atomic E-state index is 11.7. The number of hydrogen-bond donors (Lipinski definition) is 0. The first kappa shape index (κ1) is 18.9. The number of azo groups is 1. The summed E-state index contributed by atoms with van der Waals surface area (Å²) >= 11 is 5.49. The van der Waals surface area contributed by atoms with Crippen molar-refractivity contribution in [1.29, 1.82) is 0 Å². The van der Waals surface area contributed by atoms with Crippen molar-refractivity contribution in [2.24, 2.45) is 10.2 Å². The predicted molar refractivity (Wildman–Crippen MR) is 98.5 cm³/mol. The lowest BCUT2D eigenvalue weighted by molar-refractivity contribution is 0.0529. The average molecular weight is 361 g/mol. The molecular weight excluding hydrogens is 340 g/mol. The van der Waals surface area contributed by atoms with Gasteiger partial charge in [-0.2, -0.15) is 10.2 Å². The van der Waals surface area contributed by atoms with E-state index >= 15 is 0 Å².